The summed E-state index contributed by atoms with van der Waals surface area (Å²) < 4.78 is 12.8. The Labute approximate surface area is 143 Å². The number of rotatable bonds is 7. The van der Waals surface area contributed by atoms with Crippen LogP contribution >= 0.6 is 32.6 Å². The van der Waals surface area contributed by atoms with E-state index in [4.69, 9.17) is 9.47 Å². The van der Waals surface area contributed by atoms with E-state index in [9.17, 15) is 4.79 Å². The van der Waals surface area contributed by atoms with Crippen molar-refractivity contribution in [3.63, 3.8) is 0 Å². The van der Waals surface area contributed by atoms with Gasteiger partial charge in [0.2, 0.25) is 0 Å². The van der Waals surface area contributed by atoms with E-state index in [-0.39, 0.29) is 5.97 Å². The normalized spacial score (nSPS) is 11.6. The summed E-state index contributed by atoms with van der Waals surface area (Å²) in [5, 5.41) is 4.23. The molecule has 0 fully saturated rings. The van der Waals surface area contributed by atoms with E-state index in [0.717, 1.165) is 5.75 Å². The van der Waals surface area contributed by atoms with E-state index >= 15 is 0 Å². The Hall–Kier alpha value is -0.280. The molecule has 0 aliphatic carbocycles. The fraction of sp³-hybridized carbons (Fsp3) is 0.714. The van der Waals surface area contributed by atoms with Crippen LogP contribution < -0.4 is 0 Å². The van der Waals surface area contributed by atoms with Crippen LogP contribution in [0.3, 0.4) is 0 Å². The van der Waals surface area contributed by atoms with Crippen molar-refractivity contribution in [3.8, 4) is 0 Å². The molecular formula is C14H27IN2O3S. The van der Waals surface area contributed by atoms with E-state index in [0.29, 0.717) is 29.2 Å². The molecule has 1 rings (SSSR count). The first-order chi connectivity index (χ1) is 9.83. The standard InChI is InChI=1S/C12H21IN2O3S.C2H6/c1-5-18-12(16)10-8-15(14-11(10)13)9-17-6-7-19(2,3)4;1-2/h8H,5-7,9H2,1-4H3;1-2H3. The van der Waals surface area contributed by atoms with Gasteiger partial charge in [-0.05, 0) is 48.3 Å². The molecule has 0 spiro atoms. The monoisotopic (exact) mass is 430 g/mol. The van der Waals surface area contributed by atoms with Crippen molar-refractivity contribution in [2.45, 2.75) is 27.5 Å². The summed E-state index contributed by atoms with van der Waals surface area (Å²) in [6.45, 7) is 7.23. The van der Waals surface area contributed by atoms with Crippen molar-refractivity contribution in [3.05, 3.63) is 15.5 Å². The van der Waals surface area contributed by atoms with E-state index in [2.05, 4.69) is 23.9 Å². The number of hydrogen-bond donors (Lipinski definition) is 0. The highest BCUT2D eigenvalue weighted by molar-refractivity contribution is 14.1. The number of hydrogen-bond acceptors (Lipinski definition) is 4. The summed E-state index contributed by atoms with van der Waals surface area (Å²) in [6.07, 6.45) is 8.44. The van der Waals surface area contributed by atoms with Crippen LogP contribution in [0.5, 0.6) is 0 Å². The molecule has 7 heteroatoms. The molecular weight excluding hydrogens is 403 g/mol. The molecule has 0 aromatic carbocycles. The Morgan fingerprint density at radius 2 is 2.00 bits per heavy atom. The fourth-order valence-electron chi connectivity index (χ4n) is 1.28. The lowest BCUT2D eigenvalue weighted by molar-refractivity contribution is 0.0524. The van der Waals surface area contributed by atoms with Gasteiger partial charge >= 0.3 is 5.97 Å². The van der Waals surface area contributed by atoms with Crippen molar-refractivity contribution < 1.29 is 14.3 Å². The van der Waals surface area contributed by atoms with E-state index in [1.807, 2.05) is 36.4 Å². The second-order valence-electron chi connectivity index (χ2n) is 4.93. The van der Waals surface area contributed by atoms with Gasteiger partial charge in [0.1, 0.15) is 16.0 Å². The zero-order valence-electron chi connectivity index (χ0n) is 13.8. The molecule has 0 aliphatic rings. The first-order valence-electron chi connectivity index (χ1n) is 6.97. The number of carbonyl (C=O) groups excluding carboxylic acids is 1. The van der Waals surface area contributed by atoms with Crippen LogP contribution in [0.1, 0.15) is 31.1 Å². The minimum absolute atomic E-state index is 0.336. The summed E-state index contributed by atoms with van der Waals surface area (Å²) in [4.78, 5) is 11.6. The molecule has 21 heavy (non-hydrogen) atoms. The molecule has 0 amide bonds. The third-order valence-electron chi connectivity index (χ3n) is 2.28. The molecule has 1 aromatic rings. The van der Waals surface area contributed by atoms with E-state index < -0.39 is 10.0 Å². The Balaban J connectivity index is 0.00000191. The number of aromatic nitrogens is 2. The Kier molecular flexibility index (Phi) is 10.3. The Morgan fingerprint density at radius 1 is 1.38 bits per heavy atom. The molecule has 1 heterocycles. The van der Waals surface area contributed by atoms with Crippen LogP contribution in [0.15, 0.2) is 6.20 Å². The third kappa shape index (κ3) is 8.67. The fourth-order valence-corrected chi connectivity index (χ4v) is 2.53. The van der Waals surface area contributed by atoms with Gasteiger partial charge in [0, 0.05) is 11.9 Å². The first kappa shape index (κ1) is 20.7. The zero-order chi connectivity index (χ0) is 16.5. The van der Waals surface area contributed by atoms with E-state index in [1.54, 1.807) is 17.8 Å². The van der Waals surface area contributed by atoms with Gasteiger partial charge in [-0.3, -0.25) is 0 Å². The lowest BCUT2D eigenvalue weighted by atomic mass is 10.4. The molecule has 0 unspecified atom stereocenters. The van der Waals surface area contributed by atoms with Crippen LogP contribution in [0.2, 0.25) is 0 Å². The van der Waals surface area contributed by atoms with Gasteiger partial charge in [0.15, 0.2) is 0 Å². The second kappa shape index (κ2) is 10.4. The summed E-state index contributed by atoms with van der Waals surface area (Å²) in [5.74, 6) is 0.730. The molecule has 0 bridgehead atoms. The van der Waals surface area contributed by atoms with Crippen molar-refractivity contribution in [2.24, 2.45) is 0 Å². The van der Waals surface area contributed by atoms with Gasteiger partial charge in [0.25, 0.3) is 0 Å². The highest BCUT2D eigenvalue weighted by Crippen LogP contribution is 2.33. The minimum Gasteiger partial charge on any atom is -0.462 e. The van der Waals surface area contributed by atoms with E-state index in [1.165, 1.54) is 0 Å². The highest BCUT2D eigenvalue weighted by Gasteiger charge is 2.15. The quantitative estimate of drug-likeness (QED) is 0.378. The molecule has 0 saturated heterocycles. The predicted molar refractivity (Wildman–Crippen MR) is 98.4 cm³/mol. The first-order valence-corrected chi connectivity index (χ1v) is 11.1. The smallest absolute Gasteiger partial charge is 0.342 e. The molecule has 0 N–H and O–H groups in total. The largest absolute Gasteiger partial charge is 0.462 e. The number of halogens is 1. The SMILES string of the molecule is CC.CCOC(=O)c1cn(COCCS(C)(C)C)nc1I. The molecule has 0 atom stereocenters. The zero-order valence-corrected chi connectivity index (χ0v) is 16.8. The van der Waals surface area contributed by atoms with Crippen LogP contribution in [0, 0.1) is 3.70 Å². The minimum atomic E-state index is -0.533. The molecule has 1 aromatic heterocycles. The maximum absolute atomic E-state index is 11.6. The van der Waals surface area contributed by atoms with Crippen LogP contribution in [-0.2, 0) is 16.2 Å². The number of ether oxygens (including phenoxy) is 2. The summed E-state index contributed by atoms with van der Waals surface area (Å²) in [5.41, 5.74) is 0.493. The Morgan fingerprint density at radius 3 is 2.52 bits per heavy atom. The maximum Gasteiger partial charge on any atom is 0.342 e. The number of carbonyl (C=O) groups is 1. The van der Waals surface area contributed by atoms with Crippen LogP contribution in [-0.4, -0.2) is 53.5 Å². The van der Waals surface area contributed by atoms with Crippen molar-refractivity contribution in [2.75, 3.05) is 37.7 Å². The molecule has 0 aliphatic heterocycles. The van der Waals surface area contributed by atoms with Gasteiger partial charge in [-0.1, -0.05) is 13.8 Å². The average Bonchev–Trinajstić information content (AvgIpc) is 2.78. The number of nitrogens with zero attached hydrogens (tertiary/aromatic N) is 2. The Bertz CT molecular complexity index is 430. The molecule has 124 valence electrons. The van der Waals surface area contributed by atoms with Crippen LogP contribution in [0.25, 0.3) is 0 Å². The van der Waals surface area contributed by atoms with Gasteiger partial charge in [-0.25, -0.2) is 19.5 Å². The predicted octanol–water partition coefficient (Wildman–Crippen LogP) is 3.36. The van der Waals surface area contributed by atoms with Gasteiger partial charge < -0.3 is 9.47 Å². The second-order valence-corrected chi connectivity index (χ2v) is 10.5. The summed E-state index contributed by atoms with van der Waals surface area (Å²) in [7, 11) is -0.533. The topological polar surface area (TPSA) is 53.4 Å². The molecule has 0 saturated carbocycles. The highest BCUT2D eigenvalue weighted by atomic mass is 127. The van der Waals surface area contributed by atoms with Crippen LogP contribution in [0.4, 0.5) is 0 Å². The van der Waals surface area contributed by atoms with Crippen molar-refractivity contribution in [1.82, 2.24) is 9.78 Å². The molecule has 0 radical (unpaired) electrons. The maximum atomic E-state index is 11.6. The van der Waals surface area contributed by atoms with Gasteiger partial charge in [-0.15, -0.1) is 0 Å². The number of esters is 1. The average molecular weight is 430 g/mol. The van der Waals surface area contributed by atoms with Crippen molar-refractivity contribution in [1.29, 1.82) is 0 Å². The van der Waals surface area contributed by atoms with Gasteiger partial charge in [0.05, 0.1) is 13.2 Å². The summed E-state index contributed by atoms with van der Waals surface area (Å²) in [6, 6.07) is 0. The lowest BCUT2D eigenvalue weighted by Gasteiger charge is -2.24. The summed E-state index contributed by atoms with van der Waals surface area (Å²) >= 11 is 2.03. The lowest BCUT2D eigenvalue weighted by Crippen LogP contribution is -2.10. The van der Waals surface area contributed by atoms with Gasteiger partial charge in [-0.2, -0.15) is 5.10 Å². The third-order valence-corrected chi connectivity index (χ3v) is 4.46. The molecule has 5 nitrogen and oxygen atoms in total. The van der Waals surface area contributed by atoms with Crippen molar-refractivity contribution >= 4 is 38.6 Å².